The molecule has 0 aromatic heterocycles. The van der Waals surface area contributed by atoms with Crippen LogP contribution in [0.1, 0.15) is 30.0 Å². The second-order valence-electron chi connectivity index (χ2n) is 9.10. The van der Waals surface area contributed by atoms with E-state index in [0.717, 1.165) is 0 Å². The van der Waals surface area contributed by atoms with Crippen molar-refractivity contribution >= 4 is 58.0 Å². The molecule has 2 aromatic rings. The highest BCUT2D eigenvalue weighted by molar-refractivity contribution is 6.34. The van der Waals surface area contributed by atoms with Crippen LogP contribution >= 0.6 is 23.2 Å². The number of dihydropyridines is 1. The molecule has 198 valence electrons. The Labute approximate surface area is 231 Å². The molecule has 0 fully saturated rings. The maximum Gasteiger partial charge on any atom is 0.337 e. The molecule has 0 radical (unpaired) electrons. The minimum absolute atomic E-state index is 0.0788. The van der Waals surface area contributed by atoms with Crippen LogP contribution in [0.25, 0.3) is 5.57 Å². The molecule has 0 saturated heterocycles. The molecule has 7 nitrogen and oxygen atoms in total. The van der Waals surface area contributed by atoms with Gasteiger partial charge in [-0.15, -0.1) is 0 Å². The van der Waals surface area contributed by atoms with Crippen LogP contribution in [-0.4, -0.2) is 45.2 Å². The smallest absolute Gasteiger partial charge is 0.337 e. The molecular weight excluding hydrogens is 551 g/mol. The van der Waals surface area contributed by atoms with Crippen LogP contribution in [0.3, 0.4) is 0 Å². The largest absolute Gasteiger partial charge is 0.481 e. The second kappa shape index (κ2) is 10.3. The van der Waals surface area contributed by atoms with Crippen molar-refractivity contribution in [2.75, 3.05) is 0 Å². The van der Waals surface area contributed by atoms with Gasteiger partial charge in [0, 0.05) is 22.4 Å². The number of allylic oxidation sites excluding steroid dienone is 5. The molecule has 3 aliphatic rings. The number of carbonyl (C=O) groups excluding carboxylic acids is 2. The maximum absolute atomic E-state index is 14.7. The van der Waals surface area contributed by atoms with E-state index < -0.39 is 42.1 Å². The van der Waals surface area contributed by atoms with E-state index in [1.165, 1.54) is 12.1 Å². The molecule has 1 aliphatic carbocycles. The van der Waals surface area contributed by atoms with E-state index in [2.05, 4.69) is 10.1 Å². The van der Waals surface area contributed by atoms with Crippen LogP contribution in [0.4, 0.5) is 8.78 Å². The van der Waals surface area contributed by atoms with Crippen molar-refractivity contribution < 1.29 is 28.3 Å². The summed E-state index contributed by atoms with van der Waals surface area (Å²) >= 11 is 12.1. The van der Waals surface area contributed by atoms with Crippen LogP contribution in [-0.2, 0) is 14.4 Å². The molecule has 1 N–H and O–H groups in total. The molecule has 39 heavy (non-hydrogen) atoms. The fraction of sp³-hybridized carbons (Fsp3) is 0.179. The third-order valence-electron chi connectivity index (χ3n) is 6.53. The highest BCUT2D eigenvalue weighted by atomic mass is 35.5. The fourth-order valence-electron chi connectivity index (χ4n) is 4.78. The first-order valence-corrected chi connectivity index (χ1v) is 12.6. The summed E-state index contributed by atoms with van der Waals surface area (Å²) in [5, 5.41) is 14.6. The van der Waals surface area contributed by atoms with Crippen molar-refractivity contribution in [3.63, 3.8) is 0 Å². The average Bonchev–Trinajstić information content (AvgIpc) is 3.32. The van der Waals surface area contributed by atoms with Gasteiger partial charge < -0.3 is 5.11 Å². The third-order valence-corrected chi connectivity index (χ3v) is 7.03. The van der Waals surface area contributed by atoms with Crippen LogP contribution in [0.15, 0.2) is 88.5 Å². The van der Waals surface area contributed by atoms with Gasteiger partial charge in [-0.25, -0.2) is 10.0 Å². The lowest BCUT2D eigenvalue weighted by Gasteiger charge is -2.26. The van der Waals surface area contributed by atoms with E-state index in [0.29, 0.717) is 37.5 Å². The Kier molecular flexibility index (Phi) is 7.05. The van der Waals surface area contributed by atoms with Gasteiger partial charge in [-0.1, -0.05) is 65.7 Å². The number of hydrogen-bond donors (Lipinski definition) is 1. The normalized spacial score (nSPS) is 20.6. The van der Waals surface area contributed by atoms with Crippen LogP contribution < -0.4 is 0 Å². The Morgan fingerprint density at radius 1 is 1.03 bits per heavy atom. The average molecular weight is 570 g/mol. The number of halogens is 4. The van der Waals surface area contributed by atoms with Gasteiger partial charge in [-0.3, -0.25) is 14.4 Å². The Balaban J connectivity index is 1.66. The van der Waals surface area contributed by atoms with Crippen LogP contribution in [0.5, 0.6) is 0 Å². The maximum atomic E-state index is 14.7. The summed E-state index contributed by atoms with van der Waals surface area (Å²) in [6, 6.07) is 11.9. The molecule has 2 aliphatic heterocycles. The molecule has 0 bridgehead atoms. The molecule has 2 aromatic carbocycles. The van der Waals surface area contributed by atoms with Gasteiger partial charge in [0.2, 0.25) is 0 Å². The first-order chi connectivity index (χ1) is 18.5. The number of rotatable bonds is 6. The summed E-state index contributed by atoms with van der Waals surface area (Å²) < 4.78 is 29.5. The van der Waals surface area contributed by atoms with Crippen LogP contribution in [0.2, 0.25) is 10.0 Å². The standard InChI is InChI=1S/C28H19Cl2F2N3O4/c29-17-9-5-15(6-10-17)22-13-21(34-35(22)27(39)28(31,32)14-23(36)37)25-24(16-7-11-18(30)12-8-16)19-3-1-2-4-20(19)33-26(25)38/h1-12,19,22H,13-14H2,(H,36,37). The summed E-state index contributed by atoms with van der Waals surface area (Å²) in [6.45, 7) is 0. The monoisotopic (exact) mass is 569 g/mol. The van der Waals surface area contributed by atoms with Crippen LogP contribution in [0, 0.1) is 5.92 Å². The van der Waals surface area contributed by atoms with Crippen molar-refractivity contribution in [3.8, 4) is 0 Å². The molecule has 0 saturated carbocycles. The molecular formula is C28H19Cl2F2N3O4. The number of amides is 2. The summed E-state index contributed by atoms with van der Waals surface area (Å²) in [7, 11) is 0. The number of fused-ring (bicyclic) bond motifs is 1. The van der Waals surface area contributed by atoms with Crippen molar-refractivity contribution in [3.05, 3.63) is 99.6 Å². The summed E-state index contributed by atoms with van der Waals surface area (Å²) in [5.74, 6) is -8.93. The fourth-order valence-corrected chi connectivity index (χ4v) is 5.04. The van der Waals surface area contributed by atoms with E-state index in [1.54, 1.807) is 48.6 Å². The van der Waals surface area contributed by atoms with Gasteiger partial charge in [0.25, 0.3) is 5.91 Å². The summed E-state index contributed by atoms with van der Waals surface area (Å²) in [6.07, 6.45) is 5.33. The molecule has 5 rings (SSSR count). The number of nitrogens with zero attached hydrogens (tertiary/aromatic N) is 3. The van der Waals surface area contributed by atoms with Gasteiger partial charge in [0.05, 0.1) is 23.0 Å². The lowest BCUT2D eigenvalue weighted by molar-refractivity contribution is -0.167. The molecule has 2 amide bonds. The second-order valence-corrected chi connectivity index (χ2v) is 9.97. The van der Waals surface area contributed by atoms with Gasteiger partial charge >= 0.3 is 17.8 Å². The van der Waals surface area contributed by atoms with E-state index in [9.17, 15) is 23.2 Å². The number of carbonyl (C=O) groups is 3. The number of carboxylic acids is 1. The molecule has 2 heterocycles. The lowest BCUT2D eigenvalue weighted by atomic mass is 9.79. The number of alkyl halides is 2. The minimum atomic E-state index is -4.23. The molecule has 11 heteroatoms. The van der Waals surface area contributed by atoms with E-state index in [-0.39, 0.29) is 17.7 Å². The number of aliphatic imine (C=N–C) groups is 1. The van der Waals surface area contributed by atoms with Gasteiger partial charge in [-0.05, 0) is 47.0 Å². The van der Waals surface area contributed by atoms with Gasteiger partial charge in [0.15, 0.2) is 0 Å². The zero-order valence-corrected chi connectivity index (χ0v) is 21.5. The number of aliphatic carboxylic acids is 1. The predicted octanol–water partition coefficient (Wildman–Crippen LogP) is 5.91. The van der Waals surface area contributed by atoms with Gasteiger partial charge in [-0.2, -0.15) is 13.9 Å². The third kappa shape index (κ3) is 5.20. The van der Waals surface area contributed by atoms with Crippen molar-refractivity contribution in [2.45, 2.75) is 24.8 Å². The zero-order valence-electron chi connectivity index (χ0n) is 20.0. The van der Waals surface area contributed by atoms with Crippen molar-refractivity contribution in [1.29, 1.82) is 0 Å². The topological polar surface area (TPSA) is 99.4 Å². The van der Waals surface area contributed by atoms with Gasteiger partial charge in [0.1, 0.15) is 6.42 Å². The summed E-state index contributed by atoms with van der Waals surface area (Å²) in [5.41, 5.74) is 2.29. The molecule has 2 unspecified atom stereocenters. The number of benzene rings is 2. The van der Waals surface area contributed by atoms with E-state index in [1.807, 2.05) is 12.2 Å². The number of hydrogen-bond acceptors (Lipinski definition) is 4. The first-order valence-electron chi connectivity index (χ1n) is 11.8. The Morgan fingerprint density at radius 2 is 1.67 bits per heavy atom. The van der Waals surface area contributed by atoms with Crippen molar-refractivity contribution in [2.24, 2.45) is 16.0 Å². The van der Waals surface area contributed by atoms with E-state index >= 15 is 0 Å². The zero-order chi connectivity index (χ0) is 27.9. The first kappa shape index (κ1) is 26.6. The number of hydrazone groups is 1. The Morgan fingerprint density at radius 3 is 2.31 bits per heavy atom. The molecule has 0 spiro atoms. The Hall–Kier alpha value is -3.95. The summed E-state index contributed by atoms with van der Waals surface area (Å²) in [4.78, 5) is 41.7. The van der Waals surface area contributed by atoms with Crippen molar-refractivity contribution in [1.82, 2.24) is 5.01 Å². The van der Waals surface area contributed by atoms with E-state index in [4.69, 9.17) is 28.3 Å². The molecule has 2 atom stereocenters. The quantitative estimate of drug-likeness (QED) is 0.467. The Bertz CT molecular complexity index is 1530. The SMILES string of the molecule is O=C(O)CC(F)(F)C(=O)N1N=C(C2=C(c3ccc(Cl)cc3)C3C=CC=CC3=NC2=O)CC1c1ccc(Cl)cc1. The highest BCUT2D eigenvalue weighted by Crippen LogP contribution is 2.42. The number of carboxylic acid groups (broad SMARTS) is 1. The lowest BCUT2D eigenvalue weighted by Crippen LogP contribution is -2.42. The minimum Gasteiger partial charge on any atom is -0.481 e. The predicted molar refractivity (Wildman–Crippen MR) is 143 cm³/mol. The highest BCUT2D eigenvalue weighted by Gasteiger charge is 2.49.